The number of esters is 1. The summed E-state index contributed by atoms with van der Waals surface area (Å²) in [4.78, 5) is 26.3. The average Bonchev–Trinajstić information content (AvgIpc) is 3.32. The van der Waals surface area contributed by atoms with E-state index in [-0.39, 0.29) is 24.9 Å². The van der Waals surface area contributed by atoms with Gasteiger partial charge in [0.2, 0.25) is 5.91 Å². The first-order valence-corrected chi connectivity index (χ1v) is 28.7. The largest absolute Gasteiger partial charge is 0.462 e. The Morgan fingerprint density at radius 2 is 0.821 bits per heavy atom. The van der Waals surface area contributed by atoms with Crippen LogP contribution in [0.3, 0.4) is 0 Å². The molecule has 6 heteroatoms. The lowest BCUT2D eigenvalue weighted by Gasteiger charge is -2.24. The van der Waals surface area contributed by atoms with Crippen molar-refractivity contribution in [2.24, 2.45) is 0 Å². The third-order valence-corrected chi connectivity index (χ3v) is 12.8. The van der Waals surface area contributed by atoms with Crippen molar-refractivity contribution in [2.45, 2.75) is 296 Å². The van der Waals surface area contributed by atoms with Crippen LogP contribution in [0.25, 0.3) is 0 Å². The van der Waals surface area contributed by atoms with E-state index in [1.165, 1.54) is 128 Å². The third-order valence-electron chi connectivity index (χ3n) is 12.8. The van der Waals surface area contributed by atoms with Crippen molar-refractivity contribution < 1.29 is 24.5 Å². The number of nitrogens with one attached hydrogen (secondary N) is 1. The van der Waals surface area contributed by atoms with Crippen LogP contribution < -0.4 is 5.32 Å². The van der Waals surface area contributed by atoms with Crippen LogP contribution in [0.15, 0.2) is 72.9 Å². The molecule has 0 aromatic rings. The number of allylic oxidation sites excluding steroid dienone is 12. The molecule has 6 nitrogen and oxygen atoms in total. The van der Waals surface area contributed by atoms with E-state index in [4.69, 9.17) is 4.74 Å². The molecule has 388 valence electrons. The van der Waals surface area contributed by atoms with Gasteiger partial charge in [-0.1, -0.05) is 248 Å². The number of aliphatic hydroxyl groups is 2. The maximum absolute atomic E-state index is 13.3. The number of ether oxygens (including phenoxy) is 1. The van der Waals surface area contributed by atoms with Crippen LogP contribution in [-0.2, 0) is 14.3 Å². The van der Waals surface area contributed by atoms with Gasteiger partial charge in [-0.3, -0.25) is 9.59 Å². The Kier molecular flexibility index (Phi) is 52.1. The first-order valence-electron chi connectivity index (χ1n) is 28.7. The maximum atomic E-state index is 13.3. The lowest BCUT2D eigenvalue weighted by Crippen LogP contribution is -2.46. The summed E-state index contributed by atoms with van der Waals surface area (Å²) in [5.74, 6) is -0.515. The van der Waals surface area contributed by atoms with Crippen LogP contribution >= 0.6 is 0 Å². The molecule has 67 heavy (non-hydrogen) atoms. The van der Waals surface area contributed by atoms with Gasteiger partial charge in [0.25, 0.3) is 0 Å². The summed E-state index contributed by atoms with van der Waals surface area (Å²) in [5, 5.41) is 23.9. The molecule has 0 heterocycles. The minimum atomic E-state index is -0.801. The molecule has 0 rings (SSSR count). The van der Waals surface area contributed by atoms with Gasteiger partial charge in [0.05, 0.1) is 25.2 Å². The highest BCUT2D eigenvalue weighted by Gasteiger charge is 2.24. The standard InChI is InChI=1S/C61H109NO5/c1-4-7-10-13-16-19-22-25-27-29-31-33-36-39-42-45-48-51-54-61(66)67-57(52-49-46-43-40-37-35-32-30-28-26-23-20-17-14-11-8-5-2)55-60(65)62-58(56-63)59(64)53-50-47-44-41-38-34-24-21-18-15-12-9-6-3/h17,20,22,25-29,31-33,35,57-59,63-64H,4-16,18-19,21,23-24,30,34,36-56H2,1-3H3,(H,62,65)/b20-17-,25-22+,28-26-,29-27+,33-31+,35-32-. The van der Waals surface area contributed by atoms with Gasteiger partial charge >= 0.3 is 5.97 Å². The smallest absolute Gasteiger partial charge is 0.306 e. The molecule has 0 aliphatic carbocycles. The molecule has 0 fully saturated rings. The molecule has 0 radical (unpaired) electrons. The van der Waals surface area contributed by atoms with Gasteiger partial charge < -0.3 is 20.3 Å². The van der Waals surface area contributed by atoms with E-state index in [2.05, 4.69) is 99.0 Å². The first-order chi connectivity index (χ1) is 33.0. The Morgan fingerprint density at radius 1 is 0.448 bits per heavy atom. The quantitative estimate of drug-likeness (QED) is 0.0244. The Bertz CT molecular complexity index is 1230. The highest BCUT2D eigenvalue weighted by Crippen LogP contribution is 2.18. The van der Waals surface area contributed by atoms with Crippen molar-refractivity contribution in [3.8, 4) is 0 Å². The van der Waals surface area contributed by atoms with Crippen LogP contribution in [0.4, 0.5) is 0 Å². The SMILES string of the molecule is CCCCC/C=C\C/C=C\C/C=C\CCCCCCC(CC(=O)NC(CO)C(O)CCCCCCCCCCCCCCC)OC(=O)CCCCCCC/C=C/C=C/C=C/CCCCCCC. The molecule has 0 saturated heterocycles. The van der Waals surface area contributed by atoms with Gasteiger partial charge in [-0.2, -0.15) is 0 Å². The van der Waals surface area contributed by atoms with Gasteiger partial charge in [-0.25, -0.2) is 0 Å². The number of hydrogen-bond donors (Lipinski definition) is 3. The van der Waals surface area contributed by atoms with Crippen LogP contribution in [0.2, 0.25) is 0 Å². The fourth-order valence-corrected chi connectivity index (χ4v) is 8.44. The fraction of sp³-hybridized carbons (Fsp3) is 0.770. The highest BCUT2D eigenvalue weighted by molar-refractivity contribution is 5.77. The molecule has 3 atom stereocenters. The fourth-order valence-electron chi connectivity index (χ4n) is 8.44. The second kappa shape index (κ2) is 54.2. The minimum Gasteiger partial charge on any atom is -0.462 e. The zero-order chi connectivity index (χ0) is 48.8. The number of carbonyl (C=O) groups is 2. The van der Waals surface area contributed by atoms with E-state index in [1.54, 1.807) is 0 Å². The van der Waals surface area contributed by atoms with Crippen molar-refractivity contribution in [2.75, 3.05) is 6.61 Å². The predicted octanol–water partition coefficient (Wildman–Crippen LogP) is 17.7. The number of aliphatic hydroxyl groups excluding tert-OH is 2. The van der Waals surface area contributed by atoms with E-state index in [9.17, 15) is 19.8 Å². The monoisotopic (exact) mass is 936 g/mol. The van der Waals surface area contributed by atoms with Crippen molar-refractivity contribution >= 4 is 11.9 Å². The van der Waals surface area contributed by atoms with E-state index in [1.807, 2.05) is 0 Å². The highest BCUT2D eigenvalue weighted by atomic mass is 16.5. The van der Waals surface area contributed by atoms with Crippen molar-refractivity contribution in [3.63, 3.8) is 0 Å². The lowest BCUT2D eigenvalue weighted by molar-refractivity contribution is -0.151. The van der Waals surface area contributed by atoms with Gasteiger partial charge in [-0.15, -0.1) is 0 Å². The Morgan fingerprint density at radius 3 is 1.30 bits per heavy atom. The number of unbranched alkanes of at least 4 members (excludes halogenated alkanes) is 29. The number of carbonyl (C=O) groups excluding carboxylic acids is 2. The van der Waals surface area contributed by atoms with Crippen LogP contribution in [0, 0.1) is 0 Å². The van der Waals surface area contributed by atoms with Gasteiger partial charge in [0.1, 0.15) is 6.10 Å². The normalized spacial score (nSPS) is 13.7. The van der Waals surface area contributed by atoms with E-state index < -0.39 is 18.2 Å². The predicted molar refractivity (Wildman–Crippen MR) is 291 cm³/mol. The van der Waals surface area contributed by atoms with Gasteiger partial charge in [0.15, 0.2) is 0 Å². The van der Waals surface area contributed by atoms with E-state index in [0.29, 0.717) is 19.3 Å². The summed E-state index contributed by atoms with van der Waals surface area (Å²) in [6.45, 7) is 6.44. The van der Waals surface area contributed by atoms with Gasteiger partial charge in [0, 0.05) is 6.42 Å². The Labute approximate surface area is 415 Å². The number of rotatable bonds is 51. The number of amides is 1. The summed E-state index contributed by atoms with van der Waals surface area (Å²) in [6, 6.07) is -0.717. The van der Waals surface area contributed by atoms with E-state index >= 15 is 0 Å². The summed E-state index contributed by atoms with van der Waals surface area (Å²) >= 11 is 0. The summed E-state index contributed by atoms with van der Waals surface area (Å²) in [6.07, 6.45) is 69.6. The average molecular weight is 937 g/mol. The van der Waals surface area contributed by atoms with Crippen molar-refractivity contribution in [3.05, 3.63) is 72.9 Å². The zero-order valence-corrected chi connectivity index (χ0v) is 44.3. The molecule has 0 saturated carbocycles. The third kappa shape index (κ3) is 49.5. The van der Waals surface area contributed by atoms with Gasteiger partial charge in [-0.05, 0) is 89.9 Å². The molecule has 3 N–H and O–H groups in total. The molecule has 3 unspecified atom stereocenters. The summed E-state index contributed by atoms with van der Waals surface area (Å²) in [5.41, 5.74) is 0. The maximum Gasteiger partial charge on any atom is 0.306 e. The molecule has 0 aliphatic heterocycles. The Hall–Kier alpha value is -2.70. The molecule has 0 aromatic heterocycles. The zero-order valence-electron chi connectivity index (χ0n) is 44.3. The first kappa shape index (κ1) is 64.3. The van der Waals surface area contributed by atoms with Crippen LogP contribution in [0.5, 0.6) is 0 Å². The summed E-state index contributed by atoms with van der Waals surface area (Å²) in [7, 11) is 0. The molecule has 0 aliphatic rings. The van der Waals surface area contributed by atoms with Crippen LogP contribution in [0.1, 0.15) is 278 Å². The van der Waals surface area contributed by atoms with Crippen molar-refractivity contribution in [1.29, 1.82) is 0 Å². The summed E-state index contributed by atoms with van der Waals surface area (Å²) < 4.78 is 5.94. The molecule has 1 amide bonds. The second-order valence-electron chi connectivity index (χ2n) is 19.4. The molecule has 0 bridgehead atoms. The Balaban J connectivity index is 4.67. The van der Waals surface area contributed by atoms with E-state index in [0.717, 1.165) is 103 Å². The minimum absolute atomic E-state index is 0.0523. The second-order valence-corrected chi connectivity index (χ2v) is 19.4. The van der Waals surface area contributed by atoms with Crippen LogP contribution in [-0.4, -0.2) is 46.9 Å². The number of hydrogen-bond acceptors (Lipinski definition) is 5. The molecular formula is C61H109NO5. The molecular weight excluding hydrogens is 827 g/mol. The lowest BCUT2D eigenvalue weighted by atomic mass is 10.0. The van der Waals surface area contributed by atoms with Crippen molar-refractivity contribution in [1.82, 2.24) is 5.32 Å². The molecule has 0 aromatic carbocycles. The topological polar surface area (TPSA) is 95.9 Å². The molecule has 0 spiro atoms.